The van der Waals surface area contributed by atoms with Crippen molar-refractivity contribution in [2.75, 3.05) is 6.54 Å². The lowest BCUT2D eigenvalue weighted by Gasteiger charge is -2.22. The lowest BCUT2D eigenvalue weighted by molar-refractivity contribution is -0.142. The lowest BCUT2D eigenvalue weighted by Crippen LogP contribution is -2.37. The van der Waals surface area contributed by atoms with Crippen molar-refractivity contribution in [1.29, 1.82) is 0 Å². The van der Waals surface area contributed by atoms with Crippen LogP contribution in [0.4, 0.5) is 0 Å². The molecule has 0 spiro atoms. The van der Waals surface area contributed by atoms with Crippen molar-refractivity contribution >= 4 is 5.97 Å². The number of carboxylic acids is 1. The van der Waals surface area contributed by atoms with Gasteiger partial charge in [-0.15, -0.1) is 0 Å². The van der Waals surface area contributed by atoms with Crippen LogP contribution in [0, 0.1) is 17.8 Å². The van der Waals surface area contributed by atoms with Crippen molar-refractivity contribution in [2.24, 2.45) is 17.8 Å². The van der Waals surface area contributed by atoms with Crippen molar-refractivity contribution in [1.82, 2.24) is 5.32 Å². The zero-order valence-corrected chi connectivity index (χ0v) is 9.99. The predicted molar refractivity (Wildman–Crippen MR) is 60.8 cm³/mol. The highest BCUT2D eigenvalue weighted by Crippen LogP contribution is 2.31. The minimum Gasteiger partial charge on any atom is -0.481 e. The molecule has 0 radical (unpaired) electrons. The van der Waals surface area contributed by atoms with Crippen LogP contribution in [-0.2, 0) is 4.79 Å². The molecule has 2 N–H and O–H groups in total. The summed E-state index contributed by atoms with van der Waals surface area (Å²) >= 11 is 0. The maximum Gasteiger partial charge on any atom is 0.306 e. The lowest BCUT2D eigenvalue weighted by atomic mass is 9.95. The SMILES string of the molecule is CC(C)C(C)NCC1CCCC1C(=O)O. The third-order valence-corrected chi connectivity index (χ3v) is 3.68. The number of aliphatic carboxylic acids is 1. The van der Waals surface area contributed by atoms with E-state index in [1.165, 1.54) is 0 Å². The maximum atomic E-state index is 11.0. The number of carbonyl (C=O) groups is 1. The Bertz CT molecular complexity index is 216. The first-order chi connectivity index (χ1) is 7.02. The Labute approximate surface area is 92.3 Å². The van der Waals surface area contributed by atoms with E-state index in [0.29, 0.717) is 17.9 Å². The molecular formula is C12H23NO2. The number of rotatable bonds is 5. The van der Waals surface area contributed by atoms with Gasteiger partial charge in [0.1, 0.15) is 0 Å². The summed E-state index contributed by atoms with van der Waals surface area (Å²) in [6.45, 7) is 7.38. The molecule has 0 bridgehead atoms. The van der Waals surface area contributed by atoms with E-state index in [4.69, 9.17) is 5.11 Å². The Kier molecular flexibility index (Phi) is 4.58. The molecule has 3 unspecified atom stereocenters. The summed E-state index contributed by atoms with van der Waals surface area (Å²) in [7, 11) is 0. The van der Waals surface area contributed by atoms with Gasteiger partial charge in [0, 0.05) is 6.04 Å². The van der Waals surface area contributed by atoms with Gasteiger partial charge in [0.05, 0.1) is 5.92 Å². The first-order valence-corrected chi connectivity index (χ1v) is 5.98. The van der Waals surface area contributed by atoms with Crippen LogP contribution in [0.3, 0.4) is 0 Å². The second kappa shape index (κ2) is 5.50. The molecule has 1 fully saturated rings. The van der Waals surface area contributed by atoms with Gasteiger partial charge in [-0.2, -0.15) is 0 Å². The second-order valence-electron chi connectivity index (χ2n) is 5.08. The quantitative estimate of drug-likeness (QED) is 0.735. The van der Waals surface area contributed by atoms with E-state index in [1.807, 2.05) is 0 Å². The van der Waals surface area contributed by atoms with E-state index in [0.717, 1.165) is 25.8 Å². The Hall–Kier alpha value is -0.570. The van der Waals surface area contributed by atoms with Gasteiger partial charge in [-0.05, 0) is 38.1 Å². The van der Waals surface area contributed by atoms with E-state index in [2.05, 4.69) is 26.1 Å². The van der Waals surface area contributed by atoms with E-state index in [-0.39, 0.29) is 5.92 Å². The summed E-state index contributed by atoms with van der Waals surface area (Å²) in [5, 5.41) is 12.5. The van der Waals surface area contributed by atoms with Crippen molar-refractivity contribution in [3.8, 4) is 0 Å². The smallest absolute Gasteiger partial charge is 0.306 e. The van der Waals surface area contributed by atoms with Crippen molar-refractivity contribution in [3.63, 3.8) is 0 Å². The largest absolute Gasteiger partial charge is 0.481 e. The van der Waals surface area contributed by atoms with Crippen molar-refractivity contribution < 1.29 is 9.90 Å². The highest BCUT2D eigenvalue weighted by Gasteiger charge is 2.32. The Balaban J connectivity index is 2.34. The fourth-order valence-corrected chi connectivity index (χ4v) is 2.18. The Morgan fingerprint density at radius 3 is 2.60 bits per heavy atom. The van der Waals surface area contributed by atoms with Gasteiger partial charge < -0.3 is 10.4 Å². The average Bonchev–Trinajstić information content (AvgIpc) is 2.61. The molecule has 1 aliphatic carbocycles. The summed E-state index contributed by atoms with van der Waals surface area (Å²) in [5.41, 5.74) is 0. The molecule has 1 rings (SSSR count). The van der Waals surface area contributed by atoms with Crippen molar-refractivity contribution in [3.05, 3.63) is 0 Å². The Morgan fingerprint density at radius 2 is 2.07 bits per heavy atom. The molecule has 15 heavy (non-hydrogen) atoms. The zero-order valence-electron chi connectivity index (χ0n) is 9.99. The number of nitrogens with one attached hydrogen (secondary N) is 1. The Morgan fingerprint density at radius 1 is 1.40 bits per heavy atom. The van der Waals surface area contributed by atoms with Gasteiger partial charge in [0.2, 0.25) is 0 Å². The molecule has 0 heterocycles. The first-order valence-electron chi connectivity index (χ1n) is 5.98. The highest BCUT2D eigenvalue weighted by atomic mass is 16.4. The van der Waals surface area contributed by atoms with Gasteiger partial charge in [-0.25, -0.2) is 0 Å². The normalized spacial score (nSPS) is 28.3. The van der Waals surface area contributed by atoms with Crippen LogP contribution in [0.25, 0.3) is 0 Å². The highest BCUT2D eigenvalue weighted by molar-refractivity contribution is 5.70. The van der Waals surface area contributed by atoms with E-state index in [1.54, 1.807) is 0 Å². The molecule has 1 aliphatic rings. The molecule has 0 aromatic rings. The average molecular weight is 213 g/mol. The molecule has 3 nitrogen and oxygen atoms in total. The summed E-state index contributed by atoms with van der Waals surface area (Å²) in [4.78, 5) is 11.0. The topological polar surface area (TPSA) is 49.3 Å². The monoisotopic (exact) mass is 213 g/mol. The zero-order chi connectivity index (χ0) is 11.4. The minimum absolute atomic E-state index is 0.114. The van der Waals surface area contributed by atoms with Crippen LogP contribution < -0.4 is 5.32 Å². The van der Waals surface area contributed by atoms with Gasteiger partial charge in [0.25, 0.3) is 0 Å². The fraction of sp³-hybridized carbons (Fsp3) is 0.917. The molecule has 88 valence electrons. The summed E-state index contributed by atoms with van der Waals surface area (Å²) in [6.07, 6.45) is 2.99. The van der Waals surface area contributed by atoms with Crippen molar-refractivity contribution in [2.45, 2.75) is 46.1 Å². The molecule has 0 saturated heterocycles. The number of carboxylic acid groups (broad SMARTS) is 1. The van der Waals surface area contributed by atoms with Gasteiger partial charge in [0.15, 0.2) is 0 Å². The standard InChI is InChI=1S/C12H23NO2/c1-8(2)9(3)13-7-10-5-4-6-11(10)12(14)15/h8-11,13H,4-7H2,1-3H3,(H,14,15). The third-order valence-electron chi connectivity index (χ3n) is 3.68. The predicted octanol–water partition coefficient (Wildman–Crippen LogP) is 2.12. The van der Waals surface area contributed by atoms with Gasteiger partial charge in [-0.3, -0.25) is 4.79 Å². The van der Waals surface area contributed by atoms with Crippen LogP contribution in [0.5, 0.6) is 0 Å². The molecule has 0 aromatic heterocycles. The third kappa shape index (κ3) is 3.49. The summed E-state index contributed by atoms with van der Waals surface area (Å²) < 4.78 is 0. The van der Waals surface area contributed by atoms with E-state index in [9.17, 15) is 4.79 Å². The summed E-state index contributed by atoms with van der Waals surface area (Å²) in [5.74, 6) is 0.215. The molecule has 0 aliphatic heterocycles. The molecule has 0 amide bonds. The van der Waals surface area contributed by atoms with Gasteiger partial charge in [-0.1, -0.05) is 20.3 Å². The van der Waals surface area contributed by atoms with Crippen LogP contribution in [0.15, 0.2) is 0 Å². The van der Waals surface area contributed by atoms with Crippen LogP contribution in [0.2, 0.25) is 0 Å². The molecule has 1 saturated carbocycles. The molecule has 3 atom stereocenters. The van der Waals surface area contributed by atoms with E-state index < -0.39 is 5.97 Å². The summed E-state index contributed by atoms with van der Waals surface area (Å²) in [6, 6.07) is 0.472. The second-order valence-corrected chi connectivity index (χ2v) is 5.08. The number of hydrogen-bond acceptors (Lipinski definition) is 2. The number of hydrogen-bond donors (Lipinski definition) is 2. The van der Waals surface area contributed by atoms with Crippen LogP contribution in [0.1, 0.15) is 40.0 Å². The van der Waals surface area contributed by atoms with E-state index >= 15 is 0 Å². The van der Waals surface area contributed by atoms with Gasteiger partial charge >= 0.3 is 5.97 Å². The first kappa shape index (κ1) is 12.5. The van der Waals surface area contributed by atoms with Crippen LogP contribution >= 0.6 is 0 Å². The molecule has 3 heteroatoms. The minimum atomic E-state index is -0.614. The fourth-order valence-electron chi connectivity index (χ4n) is 2.18. The molecule has 0 aromatic carbocycles. The van der Waals surface area contributed by atoms with Crippen LogP contribution in [-0.4, -0.2) is 23.7 Å². The molecular weight excluding hydrogens is 190 g/mol. The maximum absolute atomic E-state index is 11.0.